The summed E-state index contributed by atoms with van der Waals surface area (Å²) in [5, 5.41) is 2.95. The zero-order valence-corrected chi connectivity index (χ0v) is 15.3. The number of nitrogens with one attached hydrogen (secondary N) is 1. The van der Waals surface area contributed by atoms with Crippen LogP contribution in [0.25, 0.3) is 0 Å². The standard InChI is InChI=1S/C18H18ClNO6/c1-23-14-9-16(25-3)15(24-2)8-11(14)18(22)26-10-17(21)20-13-7-5-4-6-12(13)19/h4-9H,10H2,1-3H3,(H,20,21). The maximum absolute atomic E-state index is 12.3. The van der Waals surface area contributed by atoms with Crippen molar-refractivity contribution in [2.45, 2.75) is 0 Å². The summed E-state index contributed by atoms with van der Waals surface area (Å²) >= 11 is 5.96. The van der Waals surface area contributed by atoms with Crippen molar-refractivity contribution in [3.8, 4) is 17.2 Å². The summed E-state index contributed by atoms with van der Waals surface area (Å²) < 4.78 is 20.5. The highest BCUT2D eigenvalue weighted by Gasteiger charge is 2.20. The molecule has 0 saturated heterocycles. The average molecular weight is 380 g/mol. The summed E-state index contributed by atoms with van der Waals surface area (Å²) in [6, 6.07) is 9.66. The predicted octanol–water partition coefficient (Wildman–Crippen LogP) is 3.16. The third kappa shape index (κ3) is 4.58. The number of anilines is 1. The summed E-state index contributed by atoms with van der Waals surface area (Å²) in [7, 11) is 4.31. The van der Waals surface area contributed by atoms with Crippen LogP contribution < -0.4 is 19.5 Å². The minimum atomic E-state index is -0.739. The molecule has 0 heterocycles. The molecule has 2 aromatic rings. The van der Waals surface area contributed by atoms with Crippen LogP contribution in [0.5, 0.6) is 17.2 Å². The van der Waals surface area contributed by atoms with Gasteiger partial charge in [0.05, 0.1) is 32.0 Å². The molecular formula is C18H18ClNO6. The summed E-state index contributed by atoms with van der Waals surface area (Å²) in [5.74, 6) is -0.291. The number of methoxy groups -OCH3 is 3. The summed E-state index contributed by atoms with van der Waals surface area (Å²) in [6.45, 7) is -0.485. The second kappa shape index (κ2) is 8.96. The van der Waals surface area contributed by atoms with Gasteiger partial charge in [0.1, 0.15) is 11.3 Å². The van der Waals surface area contributed by atoms with Crippen LogP contribution in [0, 0.1) is 0 Å². The lowest BCUT2D eigenvalue weighted by atomic mass is 10.1. The summed E-state index contributed by atoms with van der Waals surface area (Å²) in [4.78, 5) is 24.3. The van der Waals surface area contributed by atoms with E-state index in [0.717, 1.165) is 0 Å². The van der Waals surface area contributed by atoms with Gasteiger partial charge in [-0.25, -0.2) is 4.79 Å². The van der Waals surface area contributed by atoms with E-state index in [-0.39, 0.29) is 11.3 Å². The second-order valence-electron chi connectivity index (χ2n) is 5.01. The van der Waals surface area contributed by atoms with Crippen LogP contribution >= 0.6 is 11.6 Å². The van der Waals surface area contributed by atoms with Crippen molar-refractivity contribution in [3.05, 3.63) is 47.0 Å². The fourth-order valence-corrected chi connectivity index (χ4v) is 2.33. The molecule has 0 radical (unpaired) electrons. The van der Waals surface area contributed by atoms with Gasteiger partial charge in [-0.3, -0.25) is 4.79 Å². The normalized spacial score (nSPS) is 10.0. The number of ether oxygens (including phenoxy) is 4. The first-order valence-electron chi connectivity index (χ1n) is 7.51. The van der Waals surface area contributed by atoms with Gasteiger partial charge in [-0.2, -0.15) is 0 Å². The molecule has 0 spiro atoms. The van der Waals surface area contributed by atoms with Crippen LogP contribution in [0.15, 0.2) is 36.4 Å². The quantitative estimate of drug-likeness (QED) is 0.744. The van der Waals surface area contributed by atoms with Gasteiger partial charge in [0, 0.05) is 12.1 Å². The van der Waals surface area contributed by atoms with Crippen molar-refractivity contribution < 1.29 is 28.5 Å². The largest absolute Gasteiger partial charge is 0.496 e. The third-order valence-electron chi connectivity index (χ3n) is 3.41. The summed E-state index contributed by atoms with van der Waals surface area (Å²) in [5.41, 5.74) is 0.537. The van der Waals surface area contributed by atoms with E-state index in [9.17, 15) is 9.59 Å². The van der Waals surface area contributed by atoms with Gasteiger partial charge in [-0.1, -0.05) is 23.7 Å². The molecule has 0 unspecified atom stereocenters. The lowest BCUT2D eigenvalue weighted by molar-refractivity contribution is -0.119. The van der Waals surface area contributed by atoms with E-state index in [1.165, 1.54) is 33.5 Å². The molecule has 7 nitrogen and oxygen atoms in total. The number of rotatable bonds is 7. The molecule has 0 aliphatic carbocycles. The lowest BCUT2D eigenvalue weighted by Gasteiger charge is -2.13. The maximum Gasteiger partial charge on any atom is 0.342 e. The van der Waals surface area contributed by atoms with Gasteiger partial charge in [-0.15, -0.1) is 0 Å². The Morgan fingerprint density at radius 1 is 0.962 bits per heavy atom. The molecule has 0 saturated carbocycles. The maximum atomic E-state index is 12.3. The van der Waals surface area contributed by atoms with Crippen molar-refractivity contribution >= 4 is 29.2 Å². The molecule has 0 fully saturated rings. The molecule has 1 N–H and O–H groups in total. The van der Waals surface area contributed by atoms with Crippen LogP contribution in [0.4, 0.5) is 5.69 Å². The predicted molar refractivity (Wildman–Crippen MR) is 96.5 cm³/mol. The van der Waals surface area contributed by atoms with Crippen molar-refractivity contribution in [2.75, 3.05) is 33.3 Å². The molecule has 0 bridgehead atoms. The second-order valence-corrected chi connectivity index (χ2v) is 5.42. The van der Waals surface area contributed by atoms with Crippen LogP contribution in [0.3, 0.4) is 0 Å². The molecule has 0 aliphatic rings. The van der Waals surface area contributed by atoms with E-state index >= 15 is 0 Å². The Balaban J connectivity index is 2.07. The molecule has 2 aromatic carbocycles. The zero-order valence-electron chi connectivity index (χ0n) is 14.5. The Morgan fingerprint density at radius 2 is 1.58 bits per heavy atom. The first-order chi connectivity index (χ1) is 12.5. The highest BCUT2D eigenvalue weighted by Crippen LogP contribution is 2.34. The molecule has 2 rings (SSSR count). The van der Waals surface area contributed by atoms with E-state index in [0.29, 0.717) is 22.2 Å². The topological polar surface area (TPSA) is 83.1 Å². The molecule has 0 aromatic heterocycles. The Kier molecular flexibility index (Phi) is 6.68. The van der Waals surface area contributed by atoms with Crippen molar-refractivity contribution in [3.63, 3.8) is 0 Å². The number of hydrogen-bond acceptors (Lipinski definition) is 6. The monoisotopic (exact) mass is 379 g/mol. The minimum absolute atomic E-state index is 0.107. The van der Waals surface area contributed by atoms with Gasteiger partial charge >= 0.3 is 5.97 Å². The number of esters is 1. The molecule has 0 aliphatic heterocycles. The molecular weight excluding hydrogens is 362 g/mol. The number of hydrogen-bond donors (Lipinski definition) is 1. The minimum Gasteiger partial charge on any atom is -0.496 e. The van der Waals surface area contributed by atoms with Gasteiger partial charge in [0.2, 0.25) is 0 Å². The smallest absolute Gasteiger partial charge is 0.342 e. The van der Waals surface area contributed by atoms with E-state index in [2.05, 4.69) is 5.32 Å². The number of halogens is 1. The third-order valence-corrected chi connectivity index (χ3v) is 3.74. The van der Waals surface area contributed by atoms with Gasteiger partial charge in [0.25, 0.3) is 5.91 Å². The van der Waals surface area contributed by atoms with Gasteiger partial charge in [-0.05, 0) is 12.1 Å². The molecule has 1 amide bonds. The highest BCUT2D eigenvalue weighted by atomic mass is 35.5. The molecule has 8 heteroatoms. The van der Waals surface area contributed by atoms with Gasteiger partial charge in [0.15, 0.2) is 18.1 Å². The van der Waals surface area contributed by atoms with Crippen LogP contribution in [-0.4, -0.2) is 39.8 Å². The fourth-order valence-electron chi connectivity index (χ4n) is 2.15. The van der Waals surface area contributed by atoms with Crippen molar-refractivity contribution in [1.29, 1.82) is 0 Å². The first-order valence-corrected chi connectivity index (χ1v) is 7.89. The lowest BCUT2D eigenvalue weighted by Crippen LogP contribution is -2.21. The number of amides is 1. The Morgan fingerprint density at radius 3 is 2.19 bits per heavy atom. The van der Waals surface area contributed by atoms with Gasteiger partial charge < -0.3 is 24.3 Å². The van der Waals surface area contributed by atoms with E-state index < -0.39 is 18.5 Å². The number of carbonyl (C=O) groups excluding carboxylic acids is 2. The van der Waals surface area contributed by atoms with E-state index in [1.54, 1.807) is 24.3 Å². The van der Waals surface area contributed by atoms with Crippen molar-refractivity contribution in [2.24, 2.45) is 0 Å². The summed E-state index contributed by atoms with van der Waals surface area (Å²) in [6.07, 6.45) is 0. The van der Waals surface area contributed by atoms with Crippen LogP contribution in [0.2, 0.25) is 5.02 Å². The molecule has 138 valence electrons. The fraction of sp³-hybridized carbons (Fsp3) is 0.222. The zero-order chi connectivity index (χ0) is 19.1. The Labute approximate surface area is 155 Å². The highest BCUT2D eigenvalue weighted by molar-refractivity contribution is 6.33. The average Bonchev–Trinajstić information content (AvgIpc) is 2.66. The number of carbonyl (C=O) groups is 2. The van der Waals surface area contributed by atoms with E-state index in [4.69, 9.17) is 30.5 Å². The Bertz CT molecular complexity index is 808. The van der Waals surface area contributed by atoms with Crippen LogP contribution in [-0.2, 0) is 9.53 Å². The SMILES string of the molecule is COc1cc(OC)c(C(=O)OCC(=O)Nc2ccccc2Cl)cc1OC. The molecule has 26 heavy (non-hydrogen) atoms. The first kappa shape index (κ1) is 19.4. The van der Waals surface area contributed by atoms with Crippen LogP contribution in [0.1, 0.15) is 10.4 Å². The van der Waals surface area contributed by atoms with Crippen molar-refractivity contribution in [1.82, 2.24) is 0 Å². The van der Waals surface area contributed by atoms with E-state index in [1.807, 2.05) is 0 Å². The number of para-hydroxylation sites is 1. The Hall–Kier alpha value is -2.93. The molecule has 0 atom stereocenters. The number of benzene rings is 2.